The van der Waals surface area contributed by atoms with Gasteiger partial charge in [-0.15, -0.1) is 0 Å². The van der Waals surface area contributed by atoms with Crippen molar-refractivity contribution in [1.82, 2.24) is 15.9 Å². The maximum Gasteiger partial charge on any atom is 0.338 e. The summed E-state index contributed by atoms with van der Waals surface area (Å²) in [5.74, 6) is -1.40. The van der Waals surface area contributed by atoms with Gasteiger partial charge in [-0.1, -0.05) is 18.2 Å². The Morgan fingerprint density at radius 1 is 1.40 bits per heavy atom. The Balaban J connectivity index is 2.14. The van der Waals surface area contributed by atoms with Crippen molar-refractivity contribution in [2.24, 2.45) is 0 Å². The van der Waals surface area contributed by atoms with E-state index in [-0.39, 0.29) is 17.9 Å². The van der Waals surface area contributed by atoms with Crippen LogP contribution >= 0.6 is 0 Å². The van der Waals surface area contributed by atoms with E-state index in [0.29, 0.717) is 11.4 Å². The SMILES string of the molecule is CCOC(=O)C1=C(C)NC(=O)NC1c1c([O-])on[n+]1-c1ccccc1. The smallest absolute Gasteiger partial charge is 0.338 e. The second-order valence-corrected chi connectivity index (χ2v) is 5.28. The average molecular weight is 344 g/mol. The highest BCUT2D eigenvalue weighted by molar-refractivity contribution is 5.94. The van der Waals surface area contributed by atoms with E-state index < -0.39 is 24.0 Å². The molecular formula is C16H16N4O5. The number of carbonyl (C=O) groups excluding carboxylic acids is 2. The number of hydrogen-bond acceptors (Lipinski definition) is 6. The third-order valence-electron chi connectivity index (χ3n) is 3.68. The van der Waals surface area contributed by atoms with Crippen molar-refractivity contribution in [3.8, 4) is 11.6 Å². The van der Waals surface area contributed by atoms with Crippen LogP contribution in [0, 0.1) is 0 Å². The zero-order valence-electron chi connectivity index (χ0n) is 13.6. The first-order chi connectivity index (χ1) is 12.0. The maximum atomic E-state index is 12.3. The van der Waals surface area contributed by atoms with Gasteiger partial charge in [-0.25, -0.2) is 9.59 Å². The lowest BCUT2D eigenvalue weighted by atomic mass is 10.00. The molecule has 9 nitrogen and oxygen atoms in total. The van der Waals surface area contributed by atoms with Gasteiger partial charge in [-0.3, -0.25) is 0 Å². The molecule has 1 aromatic heterocycles. The molecule has 2 heterocycles. The number of allylic oxidation sites excluding steroid dienone is 1. The first-order valence-electron chi connectivity index (χ1n) is 7.62. The van der Waals surface area contributed by atoms with Crippen molar-refractivity contribution in [3.63, 3.8) is 0 Å². The normalized spacial score (nSPS) is 17.0. The number of benzene rings is 1. The molecule has 25 heavy (non-hydrogen) atoms. The summed E-state index contributed by atoms with van der Waals surface area (Å²) in [6, 6.07) is 7.17. The van der Waals surface area contributed by atoms with Gasteiger partial charge in [0.1, 0.15) is 0 Å². The Hall–Kier alpha value is -3.36. The van der Waals surface area contributed by atoms with Crippen LogP contribution in [0.3, 0.4) is 0 Å². The van der Waals surface area contributed by atoms with Crippen molar-refractivity contribution in [3.05, 3.63) is 47.3 Å². The van der Waals surface area contributed by atoms with E-state index in [1.807, 2.05) is 6.07 Å². The van der Waals surface area contributed by atoms with Gasteiger partial charge >= 0.3 is 12.0 Å². The molecule has 1 aliphatic heterocycles. The standard InChI is InChI=1S/C16H16N4O5/c1-3-24-14(21)11-9(2)17-16(23)18-12(11)13-15(22)25-19-20(13)10-7-5-4-6-8-10/h4-8,12H,3H2,1-2H3,(H2-,17,18,19,21,22,23). The summed E-state index contributed by atoms with van der Waals surface area (Å²) >= 11 is 0. The summed E-state index contributed by atoms with van der Waals surface area (Å²) in [5.41, 5.74) is 0.972. The number of ether oxygens (including phenoxy) is 1. The quantitative estimate of drug-likeness (QED) is 0.604. The Kier molecular flexibility index (Phi) is 4.38. The van der Waals surface area contributed by atoms with Gasteiger partial charge in [0.15, 0.2) is 12.0 Å². The number of urea groups is 1. The molecule has 9 heteroatoms. The predicted octanol–water partition coefficient (Wildman–Crippen LogP) is 0.216. The van der Waals surface area contributed by atoms with E-state index >= 15 is 0 Å². The number of esters is 1. The molecule has 0 saturated carbocycles. The van der Waals surface area contributed by atoms with Crippen LogP contribution in [0.15, 0.2) is 46.1 Å². The zero-order valence-corrected chi connectivity index (χ0v) is 13.6. The summed E-state index contributed by atoms with van der Waals surface area (Å²) in [6.45, 7) is 3.38. The molecule has 1 aromatic carbocycles. The van der Waals surface area contributed by atoms with Crippen LogP contribution in [0.2, 0.25) is 0 Å². The Morgan fingerprint density at radius 2 is 2.12 bits per heavy atom. The molecule has 1 aliphatic rings. The minimum absolute atomic E-state index is 0.00320. The van der Waals surface area contributed by atoms with Gasteiger partial charge in [0, 0.05) is 17.8 Å². The van der Waals surface area contributed by atoms with Crippen molar-refractivity contribution in [2.45, 2.75) is 19.9 Å². The number of para-hydroxylation sites is 1. The number of aromatic nitrogens is 2. The molecule has 3 rings (SSSR count). The summed E-state index contributed by atoms with van der Waals surface area (Å²) < 4.78 is 11.1. The maximum absolute atomic E-state index is 12.3. The largest absolute Gasteiger partial charge is 0.539 e. The van der Waals surface area contributed by atoms with E-state index in [2.05, 4.69) is 15.9 Å². The molecule has 0 radical (unpaired) electrons. The molecule has 130 valence electrons. The van der Waals surface area contributed by atoms with Gasteiger partial charge < -0.3 is 25.0 Å². The minimum Gasteiger partial charge on any atom is -0.539 e. The van der Waals surface area contributed by atoms with E-state index in [9.17, 15) is 14.7 Å². The van der Waals surface area contributed by atoms with Crippen LogP contribution in [-0.4, -0.2) is 23.9 Å². The highest BCUT2D eigenvalue weighted by atomic mass is 16.6. The molecule has 2 amide bonds. The molecule has 0 aliphatic carbocycles. The lowest BCUT2D eigenvalue weighted by Crippen LogP contribution is -2.50. The molecule has 1 unspecified atom stereocenters. The van der Waals surface area contributed by atoms with Crippen LogP contribution in [0.1, 0.15) is 25.6 Å². The fraction of sp³-hybridized carbons (Fsp3) is 0.250. The minimum atomic E-state index is -1.05. The van der Waals surface area contributed by atoms with Gasteiger partial charge in [-0.05, 0) is 18.5 Å². The van der Waals surface area contributed by atoms with Gasteiger partial charge in [-0.2, -0.15) is 0 Å². The number of carbonyl (C=O) groups is 2. The number of nitrogens with one attached hydrogen (secondary N) is 2. The predicted molar refractivity (Wildman–Crippen MR) is 81.2 cm³/mol. The summed E-state index contributed by atoms with van der Waals surface area (Å²) in [5, 5.41) is 21.1. The fourth-order valence-corrected chi connectivity index (χ4v) is 2.63. The number of rotatable bonds is 4. The fourth-order valence-electron chi connectivity index (χ4n) is 2.63. The third-order valence-corrected chi connectivity index (χ3v) is 3.68. The molecule has 1 atom stereocenters. The topological polar surface area (TPSA) is 120 Å². The van der Waals surface area contributed by atoms with Crippen LogP contribution in [0.4, 0.5) is 4.79 Å². The zero-order chi connectivity index (χ0) is 18.0. The number of amides is 2. The molecule has 0 fully saturated rings. The summed E-state index contributed by atoms with van der Waals surface area (Å²) in [4.78, 5) is 24.2. The molecule has 2 aromatic rings. The molecule has 0 saturated heterocycles. The van der Waals surface area contributed by atoms with Crippen molar-refractivity contribution in [1.29, 1.82) is 0 Å². The van der Waals surface area contributed by atoms with Crippen LogP contribution in [0.25, 0.3) is 5.69 Å². The van der Waals surface area contributed by atoms with Crippen LogP contribution in [-0.2, 0) is 9.53 Å². The summed E-state index contributed by atoms with van der Waals surface area (Å²) in [6.07, 6.45) is 0. The van der Waals surface area contributed by atoms with E-state index in [1.165, 1.54) is 4.68 Å². The second-order valence-electron chi connectivity index (χ2n) is 5.28. The second kappa shape index (κ2) is 6.63. The Labute approximate surface area is 142 Å². The van der Waals surface area contributed by atoms with E-state index in [4.69, 9.17) is 9.26 Å². The highest BCUT2D eigenvalue weighted by Crippen LogP contribution is 2.30. The average Bonchev–Trinajstić information content (AvgIpc) is 2.96. The molecule has 0 bridgehead atoms. The lowest BCUT2D eigenvalue weighted by molar-refractivity contribution is -0.678. The van der Waals surface area contributed by atoms with Crippen LogP contribution < -0.4 is 20.4 Å². The molecular weight excluding hydrogens is 328 g/mol. The highest BCUT2D eigenvalue weighted by Gasteiger charge is 2.40. The monoisotopic (exact) mass is 344 g/mol. The Bertz CT molecular complexity index is 843. The van der Waals surface area contributed by atoms with Crippen molar-refractivity contribution < 1.29 is 28.6 Å². The molecule has 2 N–H and O–H groups in total. The van der Waals surface area contributed by atoms with E-state index in [1.54, 1.807) is 38.1 Å². The van der Waals surface area contributed by atoms with Crippen molar-refractivity contribution in [2.75, 3.05) is 6.61 Å². The van der Waals surface area contributed by atoms with E-state index in [0.717, 1.165) is 0 Å². The van der Waals surface area contributed by atoms with Crippen LogP contribution in [0.5, 0.6) is 5.95 Å². The Morgan fingerprint density at radius 3 is 2.80 bits per heavy atom. The number of hydrogen-bond donors (Lipinski definition) is 2. The van der Waals surface area contributed by atoms with Gasteiger partial charge in [0.2, 0.25) is 5.69 Å². The van der Waals surface area contributed by atoms with Gasteiger partial charge in [0.25, 0.3) is 5.69 Å². The van der Waals surface area contributed by atoms with Crippen molar-refractivity contribution >= 4 is 12.0 Å². The number of nitrogens with zero attached hydrogens (tertiary/aromatic N) is 2. The first kappa shape index (κ1) is 16.5. The summed E-state index contributed by atoms with van der Waals surface area (Å²) in [7, 11) is 0. The molecule has 0 spiro atoms. The van der Waals surface area contributed by atoms with Gasteiger partial charge in [0.05, 0.1) is 17.5 Å². The lowest BCUT2D eigenvalue weighted by Gasteiger charge is -2.25. The third kappa shape index (κ3) is 3.03. The first-order valence-corrected chi connectivity index (χ1v) is 7.62.